The molecule has 5 aromatic rings. The quantitative estimate of drug-likeness (QED) is 0.0831. The van der Waals surface area contributed by atoms with Gasteiger partial charge in [-0.1, -0.05) is 48.5 Å². The van der Waals surface area contributed by atoms with Crippen molar-refractivity contribution in [3.63, 3.8) is 0 Å². The minimum absolute atomic E-state index is 0.0454. The fourth-order valence-corrected chi connectivity index (χ4v) is 9.31. The predicted octanol–water partition coefficient (Wildman–Crippen LogP) is 4.19. The van der Waals surface area contributed by atoms with Crippen molar-refractivity contribution in [3.8, 4) is 16.9 Å². The molecule has 6 heterocycles. The number of piperazine rings is 1. The van der Waals surface area contributed by atoms with Crippen molar-refractivity contribution in [1.29, 1.82) is 0 Å². The third-order valence-corrected chi connectivity index (χ3v) is 13.0. The highest BCUT2D eigenvalue weighted by Gasteiger charge is 2.46. The zero-order valence-corrected chi connectivity index (χ0v) is 38.0. The number of anilines is 2. The van der Waals surface area contributed by atoms with Gasteiger partial charge in [0.25, 0.3) is 23.6 Å². The Balaban J connectivity index is 0.645. The molecule has 4 aliphatic rings. The molecule has 2 atom stereocenters. The molecular formula is C49H50N8O10S. The second-order valence-corrected chi connectivity index (χ2v) is 17.4. The van der Waals surface area contributed by atoms with E-state index in [1.807, 2.05) is 66.9 Å². The number of pyridine rings is 1. The Morgan fingerprint density at radius 1 is 0.765 bits per heavy atom. The van der Waals surface area contributed by atoms with Gasteiger partial charge in [-0.2, -0.15) is 0 Å². The van der Waals surface area contributed by atoms with Crippen LogP contribution in [0.3, 0.4) is 0 Å². The molecule has 2 fully saturated rings. The van der Waals surface area contributed by atoms with Crippen molar-refractivity contribution in [3.05, 3.63) is 124 Å². The number of rotatable bonds is 20. The maximum Gasteiger partial charge on any atom is 0.266 e. The first kappa shape index (κ1) is 46.2. The van der Waals surface area contributed by atoms with Gasteiger partial charge in [0.05, 0.1) is 50.8 Å². The van der Waals surface area contributed by atoms with Gasteiger partial charge in [-0.3, -0.25) is 49.2 Å². The molecule has 0 saturated carbocycles. The van der Waals surface area contributed by atoms with Gasteiger partial charge in [0.15, 0.2) is 5.13 Å². The van der Waals surface area contributed by atoms with Crippen molar-refractivity contribution in [2.45, 2.75) is 31.5 Å². The second-order valence-electron chi connectivity index (χ2n) is 16.5. The van der Waals surface area contributed by atoms with Crippen molar-refractivity contribution in [1.82, 2.24) is 30.0 Å². The number of nitrogens with zero attached hydrogens (tertiary/aromatic N) is 6. The van der Waals surface area contributed by atoms with E-state index < -0.39 is 35.7 Å². The summed E-state index contributed by atoms with van der Waals surface area (Å²) in [7, 11) is 0. The van der Waals surface area contributed by atoms with E-state index in [4.69, 9.17) is 23.9 Å². The van der Waals surface area contributed by atoms with E-state index in [1.165, 1.54) is 17.4 Å². The number of nitrogens with one attached hydrogen (secondary N) is 2. The number of hydrogen-bond acceptors (Lipinski definition) is 15. The third kappa shape index (κ3) is 10.3. The lowest BCUT2D eigenvalue weighted by Gasteiger charge is -2.35. The van der Waals surface area contributed by atoms with Gasteiger partial charge >= 0.3 is 0 Å². The molecule has 2 saturated heterocycles. The van der Waals surface area contributed by atoms with E-state index >= 15 is 0 Å². The molecule has 4 aliphatic heterocycles. The van der Waals surface area contributed by atoms with Crippen LogP contribution in [0.4, 0.5) is 10.9 Å². The Kier molecular flexibility index (Phi) is 14.5. The molecule has 19 heteroatoms. The summed E-state index contributed by atoms with van der Waals surface area (Å²) in [6.07, 6.45) is 3.60. The number of imide groups is 2. The lowest BCUT2D eigenvalue weighted by Crippen LogP contribution is -2.54. The summed E-state index contributed by atoms with van der Waals surface area (Å²) in [4.78, 5) is 93.9. The van der Waals surface area contributed by atoms with Gasteiger partial charge in [-0.25, -0.2) is 9.97 Å². The molecule has 352 valence electrons. The first-order valence-electron chi connectivity index (χ1n) is 22.6. The minimum Gasteiger partial charge on any atom is -0.490 e. The average Bonchev–Trinajstić information content (AvgIpc) is 4.06. The molecule has 0 bridgehead atoms. The molecule has 3 aromatic carbocycles. The Labute approximate surface area is 396 Å². The highest BCUT2D eigenvalue weighted by Crippen LogP contribution is 2.36. The fourth-order valence-electron chi connectivity index (χ4n) is 8.77. The number of carbonyl (C=O) groups excluding carboxylic acids is 6. The predicted molar refractivity (Wildman–Crippen MR) is 249 cm³/mol. The van der Waals surface area contributed by atoms with Crippen LogP contribution in [-0.4, -0.2) is 145 Å². The minimum atomic E-state index is -1.05. The van der Waals surface area contributed by atoms with Crippen LogP contribution in [0.15, 0.2) is 96.6 Å². The number of piperidine rings is 1. The SMILES string of the molecule is O=C1CCC(N2C(=O)c3cccc(OCCOCCOCCOCCN4CCN(c5ccc(-c6ccc7c(c6)C(=O)N(C(C(=O)Nc6nccs6)c6ccccc6)C7)cn5)CC4)c3C2=O)C(=O)N1. The molecule has 68 heavy (non-hydrogen) atoms. The zero-order chi connectivity index (χ0) is 47.0. The molecule has 18 nitrogen and oxygen atoms in total. The second kappa shape index (κ2) is 21.4. The largest absolute Gasteiger partial charge is 0.490 e. The molecular weight excluding hydrogens is 893 g/mol. The standard InChI is InChI=1S/C49H50N8O10S/c58-41-14-12-38(44(59)52-41)57-47(62)36-7-4-8-39(42(36)48(57)63)67-27-26-66-25-24-65-23-22-64-21-20-54-16-18-55(19-17-54)40-13-11-34(30-51-40)33-9-10-35-31-56(46(61)37(35)29-33)43(32-5-2-1-3-6-32)45(60)53-49-50-15-28-68-49/h1-11,13,15,28-30,38,43H,12,14,16-27,31H2,(H,50,53,60)(H,52,58,59). The molecule has 2 N–H and O–H groups in total. The third-order valence-electron chi connectivity index (χ3n) is 12.3. The summed E-state index contributed by atoms with van der Waals surface area (Å²) >= 11 is 1.33. The maximum atomic E-state index is 13.9. The van der Waals surface area contributed by atoms with E-state index in [1.54, 1.807) is 28.6 Å². The number of hydrogen-bond donors (Lipinski definition) is 2. The normalized spacial score (nSPS) is 17.6. The summed E-state index contributed by atoms with van der Waals surface area (Å²) in [6, 6.07) is 22.1. The Morgan fingerprint density at radius 3 is 2.24 bits per heavy atom. The van der Waals surface area contributed by atoms with Crippen molar-refractivity contribution < 1.29 is 47.7 Å². The van der Waals surface area contributed by atoms with Crippen LogP contribution in [0.1, 0.15) is 61.1 Å². The number of thiazole rings is 1. The molecule has 6 amide bonds. The van der Waals surface area contributed by atoms with Gasteiger partial charge in [0.1, 0.15) is 30.3 Å². The van der Waals surface area contributed by atoms with E-state index in [0.29, 0.717) is 50.3 Å². The number of benzene rings is 3. The smallest absolute Gasteiger partial charge is 0.266 e. The van der Waals surface area contributed by atoms with E-state index in [0.717, 1.165) is 65.7 Å². The number of ether oxygens (including phenoxy) is 4. The molecule has 0 aliphatic carbocycles. The van der Waals surface area contributed by atoms with Crippen LogP contribution in [0.5, 0.6) is 5.75 Å². The van der Waals surface area contributed by atoms with Crippen LogP contribution in [0.25, 0.3) is 11.1 Å². The molecule has 9 rings (SSSR count). The summed E-state index contributed by atoms with van der Waals surface area (Å²) in [6.45, 7) is 7.06. The Bertz CT molecular complexity index is 2640. The molecule has 2 aromatic heterocycles. The number of carbonyl (C=O) groups is 6. The average molecular weight is 943 g/mol. The highest BCUT2D eigenvalue weighted by atomic mass is 32.1. The van der Waals surface area contributed by atoms with E-state index in [-0.39, 0.29) is 54.7 Å². The van der Waals surface area contributed by atoms with Crippen LogP contribution in [0, 0.1) is 0 Å². The summed E-state index contributed by atoms with van der Waals surface area (Å²) in [5.74, 6) is -1.70. The van der Waals surface area contributed by atoms with Gasteiger partial charge in [0.2, 0.25) is 11.8 Å². The van der Waals surface area contributed by atoms with Gasteiger partial charge in [-0.05, 0) is 53.4 Å². The van der Waals surface area contributed by atoms with Crippen molar-refractivity contribution in [2.24, 2.45) is 0 Å². The summed E-state index contributed by atoms with van der Waals surface area (Å²) in [5.41, 5.74) is 4.20. The first-order valence-corrected chi connectivity index (χ1v) is 23.4. The first-order chi connectivity index (χ1) is 33.2. The van der Waals surface area contributed by atoms with Gasteiger partial charge in [-0.15, -0.1) is 11.3 Å². The zero-order valence-electron chi connectivity index (χ0n) is 37.2. The number of amides is 6. The van der Waals surface area contributed by atoms with Crippen LogP contribution < -0.4 is 20.3 Å². The maximum absolute atomic E-state index is 13.9. The monoisotopic (exact) mass is 942 g/mol. The lowest BCUT2D eigenvalue weighted by atomic mass is 10.0. The van der Waals surface area contributed by atoms with Crippen molar-refractivity contribution in [2.75, 3.05) is 89.2 Å². The number of fused-ring (bicyclic) bond motifs is 2. The van der Waals surface area contributed by atoms with Crippen LogP contribution in [-0.2, 0) is 35.1 Å². The molecule has 2 unspecified atom stereocenters. The molecule has 0 radical (unpaired) electrons. The Morgan fingerprint density at radius 2 is 1.51 bits per heavy atom. The molecule has 0 spiro atoms. The van der Waals surface area contributed by atoms with Crippen LogP contribution in [0.2, 0.25) is 0 Å². The highest BCUT2D eigenvalue weighted by molar-refractivity contribution is 7.13. The Hall–Kier alpha value is -6.90. The number of aromatic nitrogens is 2. The van der Waals surface area contributed by atoms with E-state index in [9.17, 15) is 28.8 Å². The topological polar surface area (TPSA) is 202 Å². The summed E-state index contributed by atoms with van der Waals surface area (Å²) in [5, 5.41) is 7.34. The van der Waals surface area contributed by atoms with Gasteiger partial charge < -0.3 is 28.7 Å². The van der Waals surface area contributed by atoms with Crippen LogP contribution >= 0.6 is 11.3 Å². The lowest BCUT2D eigenvalue weighted by molar-refractivity contribution is -0.136. The van der Waals surface area contributed by atoms with Gasteiger partial charge in [0, 0.05) is 74.6 Å². The summed E-state index contributed by atoms with van der Waals surface area (Å²) < 4.78 is 22.9. The van der Waals surface area contributed by atoms with E-state index in [2.05, 4.69) is 25.4 Å². The van der Waals surface area contributed by atoms with Crippen molar-refractivity contribution >= 4 is 57.7 Å². The fraction of sp³-hybridized carbons (Fsp3) is 0.347.